The normalized spacial score (nSPS) is 12.2. The van der Waals surface area contributed by atoms with Crippen LogP contribution in [0.25, 0.3) is 49.7 Å². The van der Waals surface area contributed by atoms with Crippen LogP contribution in [0, 0.1) is 19.0 Å². The van der Waals surface area contributed by atoms with Gasteiger partial charge in [-0.2, -0.15) is 0 Å². The first-order valence-corrected chi connectivity index (χ1v) is 11.5. The summed E-state index contributed by atoms with van der Waals surface area (Å²) < 4.78 is 23.8. The van der Waals surface area contributed by atoms with Gasteiger partial charge < -0.3 is 14.4 Å². The molecular formula is C32H22IrN4-2. The smallest absolute Gasteiger partial charge is 0.0983 e. The number of benzene rings is 3. The Morgan fingerprint density at radius 1 is 0.811 bits per heavy atom. The van der Waals surface area contributed by atoms with Gasteiger partial charge in [0.15, 0.2) is 0 Å². The zero-order chi connectivity index (χ0) is 26.8. The van der Waals surface area contributed by atoms with E-state index >= 15 is 0 Å². The molecule has 0 saturated carbocycles. The van der Waals surface area contributed by atoms with Crippen LogP contribution in [0.4, 0.5) is 0 Å². The topological polar surface area (TPSA) is 43.1 Å². The van der Waals surface area contributed by atoms with Gasteiger partial charge in [-0.1, -0.05) is 47.9 Å². The minimum absolute atomic E-state index is 0. The van der Waals surface area contributed by atoms with E-state index in [1.165, 1.54) is 11.8 Å². The third-order valence-corrected chi connectivity index (χ3v) is 6.01. The summed E-state index contributed by atoms with van der Waals surface area (Å²) in [6, 6.07) is 35.6. The largest absolute Gasteiger partial charge is 0.314 e. The maximum absolute atomic E-state index is 7.23. The fourth-order valence-electron chi connectivity index (χ4n) is 4.36. The average Bonchev–Trinajstić information content (AvgIpc) is 3.48. The molecule has 0 aliphatic heterocycles. The van der Waals surface area contributed by atoms with Crippen molar-refractivity contribution < 1.29 is 24.2 Å². The minimum atomic E-state index is -2.09. The molecule has 0 aliphatic carbocycles. The molecule has 7 aromatic rings. The SMILES string of the molecule is [2H]C([2H])([2H])c1ccc(-c2[c-]cccc2)nc1.[Ir].[c-]1cccc2c1c1nccc(-c3ccccc3)c1n1cncc21. The van der Waals surface area contributed by atoms with Gasteiger partial charge in [0.1, 0.15) is 0 Å². The van der Waals surface area contributed by atoms with E-state index < -0.39 is 6.85 Å². The Labute approximate surface area is 233 Å². The molecule has 0 spiro atoms. The minimum Gasteiger partial charge on any atom is -0.314 e. The Morgan fingerprint density at radius 2 is 1.68 bits per heavy atom. The third kappa shape index (κ3) is 4.79. The second-order valence-corrected chi connectivity index (χ2v) is 8.24. The van der Waals surface area contributed by atoms with Crippen molar-refractivity contribution >= 4 is 27.3 Å². The van der Waals surface area contributed by atoms with Gasteiger partial charge in [0.25, 0.3) is 0 Å². The van der Waals surface area contributed by atoms with Crippen LogP contribution in [0.5, 0.6) is 0 Å². The molecule has 4 aromatic heterocycles. The number of nitrogens with zero attached hydrogens (tertiary/aromatic N) is 4. The van der Waals surface area contributed by atoms with E-state index in [1.54, 1.807) is 18.2 Å². The molecule has 7 rings (SSSR count). The molecule has 0 N–H and O–H groups in total. The van der Waals surface area contributed by atoms with Crippen molar-refractivity contribution in [2.75, 3.05) is 0 Å². The van der Waals surface area contributed by atoms with E-state index in [9.17, 15) is 0 Å². The Hall–Kier alpha value is -4.18. The van der Waals surface area contributed by atoms with E-state index in [4.69, 9.17) is 4.11 Å². The van der Waals surface area contributed by atoms with Gasteiger partial charge in [0.05, 0.1) is 6.33 Å². The van der Waals surface area contributed by atoms with Crippen molar-refractivity contribution in [1.29, 1.82) is 0 Å². The molecule has 181 valence electrons. The molecule has 0 fully saturated rings. The van der Waals surface area contributed by atoms with Gasteiger partial charge in [0.2, 0.25) is 0 Å². The van der Waals surface area contributed by atoms with Gasteiger partial charge in [-0.3, -0.25) is 0 Å². The molecule has 4 heterocycles. The standard InChI is InChI=1S/C20H12N3.C12H10N.Ir/c1-2-6-14(7-3-1)15-10-11-22-19-17-9-5-4-8-16(17)18-12-21-13-23(18)20(15)19;1-10-7-8-12(13-9-10)11-5-3-2-4-6-11;/h1-8,10-13H;2-5,7-9H,1H3;/q2*-1;/i;1D3;. The summed E-state index contributed by atoms with van der Waals surface area (Å²) in [5.41, 5.74) is 7.27. The predicted octanol–water partition coefficient (Wildman–Crippen LogP) is 7.36. The Balaban J connectivity index is 0.000000168. The van der Waals surface area contributed by atoms with E-state index in [2.05, 4.69) is 67.9 Å². The summed E-state index contributed by atoms with van der Waals surface area (Å²) in [6.45, 7) is -2.09. The number of hydrogen-bond acceptors (Lipinski definition) is 3. The number of aromatic nitrogens is 4. The fraction of sp³-hybridized carbons (Fsp3) is 0.0312. The summed E-state index contributed by atoms with van der Waals surface area (Å²) >= 11 is 0. The molecule has 1 radical (unpaired) electrons. The van der Waals surface area contributed by atoms with Gasteiger partial charge in [-0.25, -0.2) is 4.98 Å². The summed E-state index contributed by atoms with van der Waals surface area (Å²) in [5, 5.41) is 2.16. The number of hydrogen-bond donors (Lipinski definition) is 0. The molecule has 0 atom stereocenters. The Morgan fingerprint density at radius 3 is 2.46 bits per heavy atom. The first-order valence-electron chi connectivity index (χ1n) is 13.0. The van der Waals surface area contributed by atoms with Crippen molar-refractivity contribution in [2.24, 2.45) is 0 Å². The first-order chi connectivity index (χ1) is 19.0. The molecule has 3 aromatic carbocycles. The van der Waals surface area contributed by atoms with Crippen LogP contribution < -0.4 is 0 Å². The quantitative estimate of drug-likeness (QED) is 0.144. The molecular weight excluding hydrogens is 633 g/mol. The van der Waals surface area contributed by atoms with Crippen LogP contribution in [0.15, 0.2) is 116 Å². The summed E-state index contributed by atoms with van der Waals surface area (Å²) in [5.74, 6) is 0. The number of aryl methyl sites for hydroxylation is 1. The Kier molecular flexibility index (Phi) is 6.14. The maximum atomic E-state index is 7.23. The van der Waals surface area contributed by atoms with Crippen LogP contribution in [-0.2, 0) is 20.1 Å². The fourth-order valence-corrected chi connectivity index (χ4v) is 4.36. The van der Waals surface area contributed by atoms with Crippen molar-refractivity contribution in [3.63, 3.8) is 0 Å². The van der Waals surface area contributed by atoms with Crippen LogP contribution in [0.1, 0.15) is 9.68 Å². The van der Waals surface area contributed by atoms with E-state index in [0.29, 0.717) is 0 Å². The van der Waals surface area contributed by atoms with E-state index in [-0.39, 0.29) is 25.7 Å². The molecule has 5 heteroatoms. The van der Waals surface area contributed by atoms with Gasteiger partial charge >= 0.3 is 0 Å². The van der Waals surface area contributed by atoms with Crippen LogP contribution in [0.2, 0.25) is 0 Å². The summed E-state index contributed by atoms with van der Waals surface area (Å²) in [6.07, 6.45) is 7.02. The average molecular weight is 658 g/mol. The molecule has 37 heavy (non-hydrogen) atoms. The number of imidazole rings is 1. The van der Waals surface area contributed by atoms with Gasteiger partial charge in [-0.15, -0.1) is 65.5 Å². The van der Waals surface area contributed by atoms with Gasteiger partial charge in [0, 0.05) is 59.4 Å². The van der Waals surface area contributed by atoms with E-state index in [0.717, 1.165) is 44.1 Å². The molecule has 0 unspecified atom stereocenters. The van der Waals surface area contributed by atoms with E-state index in [1.807, 2.05) is 55.1 Å². The van der Waals surface area contributed by atoms with Crippen LogP contribution >= 0.6 is 0 Å². The first kappa shape index (κ1) is 21.0. The van der Waals surface area contributed by atoms with Crippen LogP contribution in [0.3, 0.4) is 0 Å². The monoisotopic (exact) mass is 658 g/mol. The predicted molar refractivity (Wildman–Crippen MR) is 146 cm³/mol. The molecule has 0 saturated heterocycles. The van der Waals surface area contributed by atoms with Crippen molar-refractivity contribution in [2.45, 2.75) is 6.85 Å². The molecule has 0 aliphatic rings. The second-order valence-electron chi connectivity index (χ2n) is 8.24. The van der Waals surface area contributed by atoms with Crippen molar-refractivity contribution in [3.8, 4) is 22.4 Å². The summed E-state index contributed by atoms with van der Waals surface area (Å²) in [4.78, 5) is 13.1. The zero-order valence-electron chi connectivity index (χ0n) is 22.6. The van der Waals surface area contributed by atoms with Crippen molar-refractivity contribution in [3.05, 3.63) is 134 Å². The molecule has 0 amide bonds. The third-order valence-electron chi connectivity index (χ3n) is 6.01. The molecule has 0 bridgehead atoms. The number of rotatable bonds is 2. The maximum Gasteiger partial charge on any atom is 0.0983 e. The van der Waals surface area contributed by atoms with Crippen molar-refractivity contribution in [1.82, 2.24) is 19.4 Å². The Bertz CT molecular complexity index is 1890. The van der Waals surface area contributed by atoms with Gasteiger partial charge in [-0.05, 0) is 35.3 Å². The number of pyridine rings is 3. The number of fused-ring (bicyclic) bond motifs is 6. The molecule has 4 nitrogen and oxygen atoms in total. The van der Waals surface area contributed by atoms with Crippen LogP contribution in [-0.4, -0.2) is 19.4 Å². The zero-order valence-corrected chi connectivity index (χ0v) is 22.0. The summed E-state index contributed by atoms with van der Waals surface area (Å²) in [7, 11) is 0. The second kappa shape index (κ2) is 10.8.